The van der Waals surface area contributed by atoms with Crippen molar-refractivity contribution in [3.8, 4) is 0 Å². The minimum Gasteiger partial charge on any atom is -0.398 e. The molecule has 0 aliphatic carbocycles. The molecule has 210 valence electrons. The normalized spacial score (nSPS) is 10.8. The molecule has 0 saturated carbocycles. The fraction of sp³-hybridized carbons (Fsp3) is 0.219. The number of allylic oxidation sites excluding steroid dienone is 2. The number of amides is 1. The first-order valence-electron chi connectivity index (χ1n) is 12.7. The summed E-state index contributed by atoms with van der Waals surface area (Å²) in [7, 11) is 0. The summed E-state index contributed by atoms with van der Waals surface area (Å²) in [5, 5.41) is 12.0. The molecule has 0 fully saturated rings. The molecule has 0 radical (unpaired) electrons. The third-order valence-corrected chi connectivity index (χ3v) is 8.26. The zero-order chi connectivity index (χ0) is 29.7. The Balaban J connectivity index is 1.67. The average Bonchev–Trinajstić information content (AvgIpc) is 2.86. The number of carbonyl (C=O) groups excluding carboxylic acids is 2. The molecule has 2 aromatic rings. The summed E-state index contributed by atoms with van der Waals surface area (Å²) < 4.78 is 0.599. The molecule has 2 rings (SSSR count). The van der Waals surface area contributed by atoms with Crippen molar-refractivity contribution in [2.24, 2.45) is 0 Å². The number of nitrogen functional groups attached to an aromatic ring is 1. The maximum atomic E-state index is 12.5. The van der Waals surface area contributed by atoms with Crippen molar-refractivity contribution in [2.75, 3.05) is 5.73 Å². The van der Waals surface area contributed by atoms with E-state index >= 15 is 0 Å². The molecule has 2 aromatic carbocycles. The van der Waals surface area contributed by atoms with Crippen LogP contribution in [0.1, 0.15) is 54.0 Å². The Hall–Kier alpha value is -3.20. The molecule has 1 amide bonds. The molecule has 8 heteroatoms. The Labute approximate surface area is 251 Å². The van der Waals surface area contributed by atoms with E-state index in [1.54, 1.807) is 12.1 Å². The fourth-order valence-corrected chi connectivity index (χ4v) is 6.21. The highest BCUT2D eigenvalue weighted by Crippen LogP contribution is 2.31. The summed E-state index contributed by atoms with van der Waals surface area (Å²) >= 11 is 3.64. The topological polar surface area (TPSA) is 96.0 Å². The van der Waals surface area contributed by atoms with Gasteiger partial charge in [0.05, 0.1) is 16.5 Å². The molecule has 5 nitrogen and oxygen atoms in total. The van der Waals surface area contributed by atoms with E-state index < -0.39 is 0 Å². The van der Waals surface area contributed by atoms with Crippen LogP contribution in [0.4, 0.5) is 5.69 Å². The number of nitrogens with one attached hydrogen (secondary N) is 2. The Morgan fingerprint density at radius 1 is 0.975 bits per heavy atom. The van der Waals surface area contributed by atoms with E-state index in [2.05, 4.69) is 31.6 Å². The lowest BCUT2D eigenvalue weighted by molar-refractivity contribution is -0.119. The third-order valence-electron chi connectivity index (χ3n) is 5.64. The zero-order valence-corrected chi connectivity index (χ0v) is 25.6. The largest absolute Gasteiger partial charge is 0.398 e. The molecule has 0 unspecified atom stereocenters. The van der Waals surface area contributed by atoms with Gasteiger partial charge in [0.1, 0.15) is 0 Å². The van der Waals surface area contributed by atoms with Gasteiger partial charge in [0.25, 0.3) is 0 Å². The van der Waals surface area contributed by atoms with Gasteiger partial charge in [-0.2, -0.15) is 0 Å². The van der Waals surface area contributed by atoms with E-state index in [1.807, 2.05) is 56.3 Å². The highest BCUT2D eigenvalue weighted by atomic mass is 32.2. The van der Waals surface area contributed by atoms with Crippen LogP contribution in [-0.4, -0.2) is 16.1 Å². The summed E-state index contributed by atoms with van der Waals surface area (Å²) in [5.41, 5.74) is 11.4. The smallest absolute Gasteiger partial charge is 0.229 e. The van der Waals surface area contributed by atoms with Crippen LogP contribution in [0, 0.1) is 12.3 Å². The van der Waals surface area contributed by atoms with E-state index in [0.29, 0.717) is 39.3 Å². The number of anilines is 1. The average molecular weight is 592 g/mol. The fourth-order valence-electron chi connectivity index (χ4n) is 3.69. The number of aryl methyl sites for hydroxylation is 1. The summed E-state index contributed by atoms with van der Waals surface area (Å²) in [6.07, 6.45) is 8.14. The molecule has 0 aliphatic heterocycles. The van der Waals surface area contributed by atoms with E-state index in [4.69, 9.17) is 11.1 Å². The predicted molar refractivity (Wildman–Crippen MR) is 179 cm³/mol. The highest BCUT2D eigenvalue weighted by Gasteiger charge is 2.12. The number of hydrogen-bond acceptors (Lipinski definition) is 7. The Bertz CT molecular complexity index is 1340. The van der Waals surface area contributed by atoms with Crippen LogP contribution in [0.15, 0.2) is 83.0 Å². The van der Waals surface area contributed by atoms with Crippen LogP contribution in [-0.2, 0) is 22.4 Å². The summed E-state index contributed by atoms with van der Waals surface area (Å²) in [6, 6.07) is 11.5. The SMILES string of the molecule is C=Cc1cc(CC(=O)NC(=C)SC(=C)CCCC(=N)SC(=C)SC(=O)Cc2ccc(C)c(/C=C\C)c2)ccc1N. The molecular formula is C32H37N3O2S3. The maximum Gasteiger partial charge on any atom is 0.229 e. The van der Waals surface area contributed by atoms with Crippen LogP contribution in [0.3, 0.4) is 0 Å². The van der Waals surface area contributed by atoms with Crippen molar-refractivity contribution in [1.29, 1.82) is 5.41 Å². The molecule has 0 spiro atoms. The minimum atomic E-state index is -0.172. The van der Waals surface area contributed by atoms with Gasteiger partial charge in [-0.15, -0.1) is 0 Å². The van der Waals surface area contributed by atoms with E-state index in [-0.39, 0.29) is 17.4 Å². The van der Waals surface area contributed by atoms with Gasteiger partial charge >= 0.3 is 0 Å². The molecule has 0 bridgehead atoms. The number of rotatable bonds is 15. The molecule has 0 aromatic heterocycles. The van der Waals surface area contributed by atoms with Crippen molar-refractivity contribution in [1.82, 2.24) is 5.32 Å². The lowest BCUT2D eigenvalue weighted by Gasteiger charge is -2.11. The monoisotopic (exact) mass is 591 g/mol. The number of benzene rings is 2. The first kappa shape index (κ1) is 33.0. The van der Waals surface area contributed by atoms with Gasteiger partial charge in [0, 0.05) is 16.3 Å². The van der Waals surface area contributed by atoms with Crippen LogP contribution in [0.25, 0.3) is 12.2 Å². The molecule has 0 saturated heterocycles. The molecule has 0 aliphatic rings. The quantitative estimate of drug-likeness (QED) is 0.109. The van der Waals surface area contributed by atoms with Gasteiger partial charge < -0.3 is 11.1 Å². The van der Waals surface area contributed by atoms with Gasteiger partial charge in [-0.05, 0) is 89.7 Å². The molecule has 0 atom stereocenters. The predicted octanol–water partition coefficient (Wildman–Crippen LogP) is 8.48. The minimum absolute atomic E-state index is 0.00320. The first-order chi connectivity index (χ1) is 19.0. The maximum absolute atomic E-state index is 12.5. The standard InChI is InChI=1S/C32H37N3O2S3/c1-7-10-28-18-26(14-13-21(28)3)20-32(37)40-24(6)39-30(34)12-9-11-22(4)38-23(5)35-31(36)19-25-15-16-29(33)27(8-2)17-25/h7-8,10,13-18,34H,2,4-6,9,11-12,19-20,33H2,1,3H3,(H,35,36)/b10-7-,34-30?. The number of nitrogens with two attached hydrogens (primary N) is 1. The lowest BCUT2D eigenvalue weighted by Crippen LogP contribution is -2.22. The number of hydrogen-bond donors (Lipinski definition) is 3. The van der Waals surface area contributed by atoms with Crippen molar-refractivity contribution in [3.63, 3.8) is 0 Å². The number of carbonyl (C=O) groups is 2. The molecule has 4 N–H and O–H groups in total. The highest BCUT2D eigenvalue weighted by molar-refractivity contribution is 8.34. The van der Waals surface area contributed by atoms with Crippen LogP contribution in [0.2, 0.25) is 0 Å². The van der Waals surface area contributed by atoms with Crippen LogP contribution >= 0.6 is 35.3 Å². The first-order valence-corrected chi connectivity index (χ1v) is 15.2. The second kappa shape index (κ2) is 16.8. The molecule has 0 heterocycles. The third kappa shape index (κ3) is 11.9. The summed E-state index contributed by atoms with van der Waals surface area (Å²) in [5.74, 6) is -0.172. The lowest BCUT2D eigenvalue weighted by atomic mass is 10.0. The second-order valence-corrected chi connectivity index (χ2v) is 12.9. The van der Waals surface area contributed by atoms with Crippen molar-refractivity contribution >= 4 is 69.2 Å². The molecular weight excluding hydrogens is 555 g/mol. The Morgan fingerprint density at radius 3 is 2.35 bits per heavy atom. The summed E-state index contributed by atoms with van der Waals surface area (Å²) in [6.45, 7) is 19.7. The zero-order valence-electron chi connectivity index (χ0n) is 23.2. The van der Waals surface area contributed by atoms with E-state index in [9.17, 15) is 9.59 Å². The van der Waals surface area contributed by atoms with Gasteiger partial charge in [0.2, 0.25) is 5.91 Å². The van der Waals surface area contributed by atoms with Gasteiger partial charge in [-0.25, -0.2) is 0 Å². The molecule has 40 heavy (non-hydrogen) atoms. The Kier molecular flexibility index (Phi) is 13.9. The summed E-state index contributed by atoms with van der Waals surface area (Å²) in [4.78, 5) is 25.8. The van der Waals surface area contributed by atoms with E-state index in [1.165, 1.54) is 29.1 Å². The van der Waals surface area contributed by atoms with Crippen molar-refractivity contribution < 1.29 is 9.59 Å². The van der Waals surface area contributed by atoms with Crippen molar-refractivity contribution in [3.05, 3.63) is 111 Å². The van der Waals surface area contributed by atoms with Gasteiger partial charge in [0.15, 0.2) is 5.12 Å². The second-order valence-electron chi connectivity index (χ2n) is 9.05. The van der Waals surface area contributed by atoms with Gasteiger partial charge in [-0.1, -0.05) is 92.3 Å². The van der Waals surface area contributed by atoms with Crippen LogP contribution in [0.5, 0.6) is 0 Å². The number of thioether (sulfide) groups is 3. The van der Waals surface area contributed by atoms with Gasteiger partial charge in [-0.3, -0.25) is 15.0 Å². The van der Waals surface area contributed by atoms with Crippen molar-refractivity contribution in [2.45, 2.75) is 46.0 Å². The Morgan fingerprint density at radius 2 is 1.65 bits per heavy atom. The van der Waals surface area contributed by atoms with Crippen LogP contribution < -0.4 is 11.1 Å². The van der Waals surface area contributed by atoms with E-state index in [0.717, 1.165) is 45.3 Å².